The average molecular weight is 334 g/mol. The Bertz CT molecular complexity index is 667. The van der Waals surface area contributed by atoms with Gasteiger partial charge >= 0.3 is 0 Å². The predicted octanol–water partition coefficient (Wildman–Crippen LogP) is 1.80. The smallest absolute Gasteiger partial charge is 0.227 e. The summed E-state index contributed by atoms with van der Waals surface area (Å²) in [6.07, 6.45) is 2.61. The fourth-order valence-corrected chi connectivity index (χ4v) is 3.57. The maximum Gasteiger partial charge on any atom is 0.227 e. The van der Waals surface area contributed by atoms with Gasteiger partial charge in [-0.3, -0.25) is 4.79 Å². The van der Waals surface area contributed by atoms with Gasteiger partial charge in [-0.25, -0.2) is 0 Å². The van der Waals surface area contributed by atoms with E-state index in [0.29, 0.717) is 30.6 Å². The molecule has 0 spiro atoms. The molecule has 0 bridgehead atoms. The van der Waals surface area contributed by atoms with Gasteiger partial charge in [0.25, 0.3) is 0 Å². The molecule has 0 aromatic carbocycles. The topological polar surface area (TPSA) is 71.3 Å². The summed E-state index contributed by atoms with van der Waals surface area (Å²) in [6.45, 7) is 3.60. The van der Waals surface area contributed by atoms with E-state index in [4.69, 9.17) is 4.52 Å². The number of rotatable bonds is 6. The van der Waals surface area contributed by atoms with E-state index in [-0.39, 0.29) is 5.91 Å². The number of nitrogens with zero attached hydrogens (tertiary/aromatic N) is 3. The van der Waals surface area contributed by atoms with Crippen molar-refractivity contribution < 1.29 is 9.32 Å². The molecule has 3 heterocycles. The Morgan fingerprint density at radius 1 is 1.57 bits per heavy atom. The molecule has 1 aliphatic heterocycles. The van der Waals surface area contributed by atoms with Gasteiger partial charge in [0, 0.05) is 43.3 Å². The number of thiophene rings is 1. The maximum absolute atomic E-state index is 12.4. The van der Waals surface area contributed by atoms with Gasteiger partial charge in [0.15, 0.2) is 5.82 Å². The van der Waals surface area contributed by atoms with Gasteiger partial charge in [0.1, 0.15) is 0 Å². The summed E-state index contributed by atoms with van der Waals surface area (Å²) < 4.78 is 5.23. The number of likely N-dealkylation sites (N-methyl/N-ethyl adjacent to an activating group) is 1. The molecule has 2 aromatic rings. The second-order valence-corrected chi connectivity index (χ2v) is 6.93. The molecule has 124 valence electrons. The van der Waals surface area contributed by atoms with Crippen LogP contribution in [0.2, 0.25) is 0 Å². The minimum atomic E-state index is 0.158. The number of carbonyl (C=O) groups excluding carboxylic acids is 1. The number of nitrogens with one attached hydrogen (secondary N) is 1. The number of fused-ring (bicyclic) bond motifs is 1. The molecule has 7 heteroatoms. The largest absolute Gasteiger partial charge is 0.339 e. The van der Waals surface area contributed by atoms with Crippen molar-refractivity contribution in [3.63, 3.8) is 0 Å². The molecule has 23 heavy (non-hydrogen) atoms. The van der Waals surface area contributed by atoms with Crippen molar-refractivity contribution >= 4 is 17.2 Å². The van der Waals surface area contributed by atoms with Crippen LogP contribution in [-0.2, 0) is 30.6 Å². The fourth-order valence-electron chi connectivity index (χ4n) is 2.68. The van der Waals surface area contributed by atoms with Crippen LogP contribution in [0, 0.1) is 0 Å². The van der Waals surface area contributed by atoms with Gasteiger partial charge in [0.2, 0.25) is 11.8 Å². The van der Waals surface area contributed by atoms with Crippen molar-refractivity contribution in [2.75, 3.05) is 13.6 Å². The molecular weight excluding hydrogens is 312 g/mol. The first kappa shape index (κ1) is 16.1. The quantitative estimate of drug-likeness (QED) is 0.872. The van der Waals surface area contributed by atoms with Crippen LogP contribution in [0.25, 0.3) is 0 Å². The van der Waals surface area contributed by atoms with Crippen LogP contribution in [0.15, 0.2) is 16.0 Å². The third-order valence-electron chi connectivity index (χ3n) is 4.20. The molecule has 2 aromatic heterocycles. The molecule has 0 radical (unpaired) electrons. The zero-order chi connectivity index (χ0) is 16.2. The van der Waals surface area contributed by atoms with Crippen LogP contribution in [-0.4, -0.2) is 40.6 Å². The normalized spacial score (nSPS) is 15.5. The lowest BCUT2D eigenvalue weighted by atomic mass is 10.1. The molecule has 6 nitrogen and oxygen atoms in total. The Kier molecular flexibility index (Phi) is 5.07. The van der Waals surface area contributed by atoms with Gasteiger partial charge in [-0.2, -0.15) is 4.98 Å². The van der Waals surface area contributed by atoms with E-state index in [1.807, 2.05) is 11.9 Å². The van der Waals surface area contributed by atoms with Crippen molar-refractivity contribution in [3.05, 3.63) is 33.6 Å². The minimum Gasteiger partial charge on any atom is -0.339 e. The van der Waals surface area contributed by atoms with E-state index in [1.165, 1.54) is 10.4 Å². The van der Waals surface area contributed by atoms with Crippen LogP contribution in [0.4, 0.5) is 0 Å². The number of hydrogen-bond acceptors (Lipinski definition) is 6. The molecule has 1 atom stereocenters. The van der Waals surface area contributed by atoms with Crippen LogP contribution in [0.3, 0.4) is 0 Å². The average Bonchev–Trinajstić information content (AvgIpc) is 3.20. The summed E-state index contributed by atoms with van der Waals surface area (Å²) in [4.78, 5) is 20.1. The summed E-state index contributed by atoms with van der Waals surface area (Å²) >= 11 is 1.78. The van der Waals surface area contributed by atoms with Crippen LogP contribution >= 0.6 is 11.3 Å². The van der Waals surface area contributed by atoms with E-state index in [2.05, 4.69) is 33.8 Å². The first-order chi connectivity index (χ1) is 11.2. The molecule has 0 saturated heterocycles. The van der Waals surface area contributed by atoms with Gasteiger partial charge < -0.3 is 14.7 Å². The monoisotopic (exact) mass is 334 g/mol. The highest BCUT2D eigenvalue weighted by molar-refractivity contribution is 7.10. The second-order valence-electron chi connectivity index (χ2n) is 5.93. The number of aryl methyl sites for hydroxylation is 1. The van der Waals surface area contributed by atoms with Crippen molar-refractivity contribution in [1.29, 1.82) is 0 Å². The molecule has 0 fully saturated rings. The van der Waals surface area contributed by atoms with E-state index in [0.717, 1.165) is 25.9 Å². The first-order valence-electron chi connectivity index (χ1n) is 7.97. The van der Waals surface area contributed by atoms with Gasteiger partial charge in [0.05, 0.1) is 0 Å². The van der Waals surface area contributed by atoms with E-state index in [9.17, 15) is 4.79 Å². The highest BCUT2D eigenvalue weighted by atomic mass is 32.1. The summed E-state index contributed by atoms with van der Waals surface area (Å²) in [6, 6.07) is 2.42. The Morgan fingerprint density at radius 3 is 3.26 bits per heavy atom. The van der Waals surface area contributed by atoms with E-state index in [1.54, 1.807) is 11.3 Å². The Balaban J connectivity index is 1.50. The molecule has 0 aliphatic carbocycles. The van der Waals surface area contributed by atoms with E-state index >= 15 is 0 Å². The summed E-state index contributed by atoms with van der Waals surface area (Å²) in [7, 11) is 1.90. The van der Waals surface area contributed by atoms with Gasteiger partial charge in [-0.1, -0.05) is 5.16 Å². The minimum absolute atomic E-state index is 0.158. The molecule has 1 unspecified atom stereocenters. The van der Waals surface area contributed by atoms with Gasteiger partial charge in [-0.15, -0.1) is 11.3 Å². The van der Waals surface area contributed by atoms with Crippen LogP contribution in [0.1, 0.15) is 35.5 Å². The molecule has 0 saturated carbocycles. The zero-order valence-corrected chi connectivity index (χ0v) is 14.4. The molecular formula is C16H22N4O2S. The standard InChI is InChI=1S/C16H22N4O2S/c1-11(17-2)9-14-18-15(22-19-14)3-4-16(21)20-7-5-13-12(10-20)6-8-23-13/h6,8,11,17H,3-5,7,9-10H2,1-2H3. The number of hydrogen-bond donors (Lipinski definition) is 1. The predicted molar refractivity (Wildman–Crippen MR) is 88.3 cm³/mol. The van der Waals surface area contributed by atoms with Crippen molar-refractivity contribution in [3.8, 4) is 0 Å². The number of carbonyl (C=O) groups is 1. The molecule has 1 aliphatic rings. The fraction of sp³-hybridized carbons (Fsp3) is 0.562. The van der Waals surface area contributed by atoms with Crippen LogP contribution in [0.5, 0.6) is 0 Å². The third kappa shape index (κ3) is 3.97. The molecule has 1 amide bonds. The lowest BCUT2D eigenvalue weighted by Gasteiger charge is -2.26. The second kappa shape index (κ2) is 7.23. The van der Waals surface area contributed by atoms with Crippen molar-refractivity contribution in [2.24, 2.45) is 0 Å². The summed E-state index contributed by atoms with van der Waals surface area (Å²) in [5, 5.41) is 9.21. The van der Waals surface area contributed by atoms with Crippen molar-refractivity contribution in [1.82, 2.24) is 20.4 Å². The Labute approximate surface area is 139 Å². The van der Waals surface area contributed by atoms with E-state index < -0.39 is 0 Å². The lowest BCUT2D eigenvalue weighted by molar-refractivity contribution is -0.132. The Hall–Kier alpha value is -1.73. The number of amides is 1. The molecule has 3 rings (SSSR count). The lowest BCUT2D eigenvalue weighted by Crippen LogP contribution is -2.35. The molecule has 1 N–H and O–H groups in total. The van der Waals surface area contributed by atoms with Crippen LogP contribution < -0.4 is 5.32 Å². The number of aromatic nitrogens is 2. The first-order valence-corrected chi connectivity index (χ1v) is 8.85. The highest BCUT2D eigenvalue weighted by Gasteiger charge is 2.21. The Morgan fingerprint density at radius 2 is 2.43 bits per heavy atom. The zero-order valence-electron chi connectivity index (χ0n) is 13.5. The van der Waals surface area contributed by atoms with Crippen molar-refractivity contribution in [2.45, 2.75) is 45.2 Å². The maximum atomic E-state index is 12.4. The summed E-state index contributed by atoms with van der Waals surface area (Å²) in [5.74, 6) is 1.39. The summed E-state index contributed by atoms with van der Waals surface area (Å²) in [5.41, 5.74) is 1.29. The third-order valence-corrected chi connectivity index (χ3v) is 5.23. The highest BCUT2D eigenvalue weighted by Crippen LogP contribution is 2.24. The SMILES string of the molecule is CNC(C)Cc1noc(CCC(=O)N2CCc3sccc3C2)n1. The van der Waals surface area contributed by atoms with Gasteiger partial charge in [-0.05, 0) is 37.4 Å².